The SMILES string of the molecule is O=C(O)c1c(F)c(F)c(C(F)(C(F)(F)F)C(F)(F)F)c(F)c1F. The molecule has 130 valence electrons. The average Bonchev–Trinajstić information content (AvgIpc) is 2.33. The summed E-state index contributed by atoms with van der Waals surface area (Å²) in [5.41, 5.74) is -13.0. The third-order valence-electron chi connectivity index (χ3n) is 2.60. The normalized spacial score (nSPS) is 13.3. The van der Waals surface area contributed by atoms with Gasteiger partial charge in [0.2, 0.25) is 0 Å². The molecule has 0 atom stereocenters. The van der Waals surface area contributed by atoms with E-state index in [9.17, 15) is 53.1 Å². The van der Waals surface area contributed by atoms with E-state index in [4.69, 9.17) is 5.11 Å². The second-order valence-electron chi connectivity index (χ2n) is 3.97. The molecule has 13 heteroatoms. The zero-order chi connectivity index (χ0) is 18.5. The Hall–Kier alpha value is -2.08. The highest BCUT2D eigenvalue weighted by atomic mass is 19.4. The molecule has 23 heavy (non-hydrogen) atoms. The van der Waals surface area contributed by atoms with Crippen LogP contribution in [0.1, 0.15) is 15.9 Å². The number of rotatable bonds is 2. The van der Waals surface area contributed by atoms with Crippen molar-refractivity contribution in [2.45, 2.75) is 18.0 Å². The van der Waals surface area contributed by atoms with Gasteiger partial charge in [0.15, 0.2) is 23.3 Å². The van der Waals surface area contributed by atoms with Gasteiger partial charge in [-0.2, -0.15) is 26.3 Å². The lowest BCUT2D eigenvalue weighted by Crippen LogP contribution is -2.52. The molecule has 0 heterocycles. The molecule has 0 amide bonds. The van der Waals surface area contributed by atoms with Crippen LogP contribution in [-0.4, -0.2) is 23.4 Å². The van der Waals surface area contributed by atoms with Crippen LogP contribution >= 0.6 is 0 Å². The number of benzene rings is 1. The predicted molar refractivity (Wildman–Crippen MR) is 48.1 cm³/mol. The average molecular weight is 362 g/mol. The van der Waals surface area contributed by atoms with Crippen LogP contribution < -0.4 is 0 Å². The van der Waals surface area contributed by atoms with Crippen molar-refractivity contribution < 1.29 is 58.2 Å². The van der Waals surface area contributed by atoms with Crippen LogP contribution in [-0.2, 0) is 5.67 Å². The van der Waals surface area contributed by atoms with Gasteiger partial charge in [0, 0.05) is 0 Å². The van der Waals surface area contributed by atoms with Gasteiger partial charge in [-0.25, -0.2) is 26.7 Å². The lowest BCUT2D eigenvalue weighted by Gasteiger charge is -2.31. The highest BCUT2D eigenvalue weighted by Gasteiger charge is 2.75. The maximum absolute atomic E-state index is 13.5. The van der Waals surface area contributed by atoms with E-state index in [1.54, 1.807) is 0 Å². The molecule has 0 saturated heterocycles. The van der Waals surface area contributed by atoms with Crippen LogP contribution in [0.15, 0.2) is 0 Å². The van der Waals surface area contributed by atoms with Crippen LogP contribution in [0.3, 0.4) is 0 Å². The molecule has 2 nitrogen and oxygen atoms in total. The summed E-state index contributed by atoms with van der Waals surface area (Å²) in [6.45, 7) is 0. The van der Waals surface area contributed by atoms with E-state index in [2.05, 4.69) is 0 Å². The highest BCUT2D eigenvalue weighted by Crippen LogP contribution is 2.55. The topological polar surface area (TPSA) is 37.3 Å². The minimum absolute atomic E-state index is 2.52. The fraction of sp³-hybridized carbons (Fsp3) is 0.300. The molecule has 1 rings (SSSR count). The third kappa shape index (κ3) is 2.57. The van der Waals surface area contributed by atoms with E-state index in [1.165, 1.54) is 0 Å². The Morgan fingerprint density at radius 2 is 1.00 bits per heavy atom. The third-order valence-corrected chi connectivity index (χ3v) is 2.60. The summed E-state index contributed by atoms with van der Waals surface area (Å²) < 4.78 is 141. The molecule has 0 aliphatic carbocycles. The van der Waals surface area contributed by atoms with E-state index in [0.29, 0.717) is 0 Å². The number of carboxylic acids is 1. The molecule has 0 spiro atoms. The van der Waals surface area contributed by atoms with Crippen molar-refractivity contribution in [3.8, 4) is 0 Å². The molecule has 0 unspecified atom stereocenters. The molecular weight excluding hydrogens is 361 g/mol. The van der Waals surface area contributed by atoms with Gasteiger partial charge in [0.05, 0.1) is 5.56 Å². The van der Waals surface area contributed by atoms with Gasteiger partial charge in [-0.3, -0.25) is 0 Å². The number of hydrogen-bond acceptors (Lipinski definition) is 1. The van der Waals surface area contributed by atoms with Crippen LogP contribution in [0.2, 0.25) is 0 Å². The molecule has 1 aromatic rings. The minimum atomic E-state index is -7.06. The van der Waals surface area contributed by atoms with E-state index in [0.717, 1.165) is 0 Å². The van der Waals surface area contributed by atoms with Crippen LogP contribution in [0.25, 0.3) is 0 Å². The van der Waals surface area contributed by atoms with Gasteiger partial charge in [0.25, 0.3) is 0 Å². The van der Waals surface area contributed by atoms with Gasteiger partial charge in [-0.15, -0.1) is 0 Å². The quantitative estimate of drug-likeness (QED) is 0.632. The van der Waals surface area contributed by atoms with Gasteiger partial charge in [0.1, 0.15) is 5.56 Å². The van der Waals surface area contributed by atoms with E-state index < -0.39 is 58.4 Å². The number of hydrogen-bond donors (Lipinski definition) is 1. The van der Waals surface area contributed by atoms with Crippen molar-refractivity contribution in [1.82, 2.24) is 0 Å². The maximum Gasteiger partial charge on any atom is 0.436 e. The van der Waals surface area contributed by atoms with Crippen molar-refractivity contribution in [3.63, 3.8) is 0 Å². The van der Waals surface area contributed by atoms with Gasteiger partial charge in [-0.1, -0.05) is 0 Å². The van der Waals surface area contributed by atoms with Crippen LogP contribution in [0, 0.1) is 23.3 Å². The summed E-state index contributed by atoms with van der Waals surface area (Å²) in [5, 5.41) is 8.26. The first-order chi connectivity index (χ1) is 10.1. The van der Waals surface area contributed by atoms with Crippen molar-refractivity contribution in [3.05, 3.63) is 34.4 Å². The van der Waals surface area contributed by atoms with Crippen molar-refractivity contribution in [2.75, 3.05) is 0 Å². The van der Waals surface area contributed by atoms with Crippen LogP contribution in [0.4, 0.5) is 48.3 Å². The lowest BCUT2D eigenvalue weighted by molar-refractivity contribution is -0.350. The Morgan fingerprint density at radius 3 is 1.22 bits per heavy atom. The number of carboxylic acid groups (broad SMARTS) is 1. The van der Waals surface area contributed by atoms with Gasteiger partial charge in [-0.05, 0) is 0 Å². The molecular formula is C10HF11O2. The molecule has 0 aliphatic rings. The van der Waals surface area contributed by atoms with E-state index in [1.807, 2.05) is 0 Å². The fourth-order valence-corrected chi connectivity index (χ4v) is 1.57. The number of halogens is 11. The first kappa shape index (κ1) is 19.0. The Morgan fingerprint density at radius 1 is 0.696 bits per heavy atom. The largest absolute Gasteiger partial charge is 0.477 e. The molecule has 0 aliphatic heterocycles. The molecule has 0 radical (unpaired) electrons. The molecule has 0 saturated carbocycles. The van der Waals surface area contributed by atoms with E-state index >= 15 is 0 Å². The zero-order valence-electron chi connectivity index (χ0n) is 10.0. The summed E-state index contributed by atoms with van der Waals surface area (Å²) in [5.74, 6) is -15.9. The van der Waals surface area contributed by atoms with Crippen molar-refractivity contribution >= 4 is 5.97 Å². The van der Waals surface area contributed by atoms with Crippen LogP contribution in [0.5, 0.6) is 0 Å². The highest BCUT2D eigenvalue weighted by molar-refractivity contribution is 5.88. The van der Waals surface area contributed by atoms with Gasteiger partial charge < -0.3 is 5.11 Å². The summed E-state index contributed by atoms with van der Waals surface area (Å²) in [7, 11) is 0. The second-order valence-corrected chi connectivity index (χ2v) is 3.97. The maximum atomic E-state index is 13.5. The summed E-state index contributed by atoms with van der Waals surface area (Å²) in [6, 6.07) is 0. The Labute approximate surface area is 118 Å². The monoisotopic (exact) mass is 362 g/mol. The van der Waals surface area contributed by atoms with Gasteiger partial charge >= 0.3 is 24.0 Å². The molecule has 0 aromatic heterocycles. The van der Waals surface area contributed by atoms with Crippen molar-refractivity contribution in [1.29, 1.82) is 0 Å². The van der Waals surface area contributed by atoms with Crippen molar-refractivity contribution in [2.24, 2.45) is 0 Å². The smallest absolute Gasteiger partial charge is 0.436 e. The first-order valence-corrected chi connectivity index (χ1v) is 5.01. The number of carbonyl (C=O) groups is 1. The zero-order valence-corrected chi connectivity index (χ0v) is 10.0. The summed E-state index contributed by atoms with van der Waals surface area (Å²) in [6.07, 6.45) is -14.1. The summed E-state index contributed by atoms with van der Waals surface area (Å²) in [4.78, 5) is 10.4. The lowest BCUT2D eigenvalue weighted by atomic mass is 9.91. The summed E-state index contributed by atoms with van der Waals surface area (Å²) >= 11 is 0. The Bertz CT molecular complexity index is 615. The number of aromatic carboxylic acids is 1. The number of alkyl halides is 7. The Kier molecular flexibility index (Phi) is 4.31. The fourth-order valence-electron chi connectivity index (χ4n) is 1.57. The molecule has 1 N–H and O–H groups in total. The van der Waals surface area contributed by atoms with E-state index in [-0.39, 0.29) is 0 Å². The molecule has 1 aromatic carbocycles. The minimum Gasteiger partial charge on any atom is -0.477 e. The Balaban J connectivity index is 4.04. The second kappa shape index (κ2) is 5.23. The predicted octanol–water partition coefficient (Wildman–Crippen LogP) is 4.23. The molecule has 0 fully saturated rings. The molecule has 0 bridgehead atoms. The first-order valence-electron chi connectivity index (χ1n) is 5.01. The standard InChI is InChI=1S/C10HF11O2/c11-3-1(7(22)23)4(12)6(14)2(5(3)13)8(15,9(16,17)18)10(19,20)21/h(H,22,23).